The molecule has 0 saturated carbocycles. The molecule has 0 amide bonds. The summed E-state index contributed by atoms with van der Waals surface area (Å²) in [7, 11) is 0. The lowest BCUT2D eigenvalue weighted by atomic mass is 10.2. The Morgan fingerprint density at radius 3 is 2.55 bits per heavy atom. The van der Waals surface area contributed by atoms with Crippen molar-refractivity contribution in [2.75, 3.05) is 5.32 Å². The monoisotopic (exact) mass is 314 g/mol. The van der Waals surface area contributed by atoms with Crippen molar-refractivity contribution in [1.82, 2.24) is 0 Å². The van der Waals surface area contributed by atoms with Crippen LogP contribution in [0, 0.1) is 15.9 Å². The molecule has 104 valence electrons. The van der Waals surface area contributed by atoms with Crippen LogP contribution in [0.5, 0.6) is 0 Å². The smallest absolute Gasteiger partial charge is 0.289 e. The lowest BCUT2D eigenvalue weighted by Gasteiger charge is -2.07. The second-order valence-corrected chi connectivity index (χ2v) is 4.84. The number of halogens is 3. The number of nitro benzene ring substituents is 1. The third-order valence-electron chi connectivity index (χ3n) is 2.62. The molecule has 2 rings (SSSR count). The Hall–Kier alpha value is -1.85. The van der Waals surface area contributed by atoms with Crippen molar-refractivity contribution < 1.29 is 9.31 Å². The van der Waals surface area contributed by atoms with Gasteiger partial charge < -0.3 is 5.32 Å². The van der Waals surface area contributed by atoms with Crippen molar-refractivity contribution in [3.8, 4) is 0 Å². The summed E-state index contributed by atoms with van der Waals surface area (Å²) in [5.74, 6) is -0.488. The summed E-state index contributed by atoms with van der Waals surface area (Å²) in [4.78, 5) is 10.2. The fraction of sp³-hybridized carbons (Fsp3) is 0.0769. The molecule has 0 aliphatic heterocycles. The fourth-order valence-corrected chi connectivity index (χ4v) is 2.01. The van der Waals surface area contributed by atoms with Gasteiger partial charge in [-0.15, -0.1) is 0 Å². The maximum absolute atomic E-state index is 13.0. The molecule has 2 aromatic carbocycles. The molecule has 0 aliphatic rings. The third kappa shape index (κ3) is 3.37. The van der Waals surface area contributed by atoms with E-state index < -0.39 is 10.7 Å². The maximum Gasteiger partial charge on any atom is 0.289 e. The third-order valence-corrected chi connectivity index (χ3v) is 3.23. The van der Waals surface area contributed by atoms with Gasteiger partial charge in [0.05, 0.1) is 9.95 Å². The number of hydrogen-bond donors (Lipinski definition) is 1. The molecule has 0 fully saturated rings. The summed E-state index contributed by atoms with van der Waals surface area (Å²) in [6.45, 7) is 0.360. The van der Waals surface area contributed by atoms with E-state index in [9.17, 15) is 14.5 Å². The molecular formula is C13H9Cl2FN2O2. The summed E-state index contributed by atoms with van der Waals surface area (Å²) in [5, 5.41) is 13.9. The average Bonchev–Trinajstić information content (AvgIpc) is 2.41. The van der Waals surface area contributed by atoms with E-state index >= 15 is 0 Å². The van der Waals surface area contributed by atoms with Gasteiger partial charge >= 0.3 is 0 Å². The van der Waals surface area contributed by atoms with Gasteiger partial charge in [-0.3, -0.25) is 10.1 Å². The Morgan fingerprint density at radius 2 is 1.90 bits per heavy atom. The highest BCUT2D eigenvalue weighted by Crippen LogP contribution is 2.27. The van der Waals surface area contributed by atoms with Crippen molar-refractivity contribution >= 4 is 34.6 Å². The highest BCUT2D eigenvalue weighted by atomic mass is 35.5. The number of nitro groups is 1. The van der Waals surface area contributed by atoms with Gasteiger partial charge in [0.25, 0.3) is 5.69 Å². The fourth-order valence-electron chi connectivity index (χ4n) is 1.62. The van der Waals surface area contributed by atoms with Crippen LogP contribution >= 0.6 is 23.2 Å². The molecule has 7 heteroatoms. The topological polar surface area (TPSA) is 55.2 Å². The molecule has 0 unspecified atom stereocenters. The van der Waals surface area contributed by atoms with Crippen LogP contribution in [0.3, 0.4) is 0 Å². The summed E-state index contributed by atoms with van der Waals surface area (Å²) in [6, 6.07) is 8.75. The van der Waals surface area contributed by atoms with E-state index in [0.717, 1.165) is 5.56 Å². The number of nitrogens with one attached hydrogen (secondary N) is 1. The maximum atomic E-state index is 13.0. The molecule has 0 atom stereocenters. The largest absolute Gasteiger partial charge is 0.381 e. The second kappa shape index (κ2) is 6.07. The van der Waals surface area contributed by atoms with Crippen LogP contribution in [0.15, 0.2) is 36.4 Å². The lowest BCUT2D eigenvalue weighted by molar-refractivity contribution is -0.384. The zero-order valence-corrected chi connectivity index (χ0v) is 11.6. The van der Waals surface area contributed by atoms with Gasteiger partial charge in [-0.05, 0) is 29.8 Å². The normalized spacial score (nSPS) is 10.3. The molecule has 20 heavy (non-hydrogen) atoms. The number of rotatable bonds is 4. The predicted octanol–water partition coefficient (Wildman–Crippen LogP) is 4.65. The number of anilines is 1. The Kier molecular flexibility index (Phi) is 4.42. The van der Waals surface area contributed by atoms with Crippen molar-refractivity contribution in [2.45, 2.75) is 6.54 Å². The van der Waals surface area contributed by atoms with Gasteiger partial charge in [0.2, 0.25) is 0 Å². The van der Waals surface area contributed by atoms with E-state index in [-0.39, 0.29) is 15.7 Å². The number of nitrogens with zero attached hydrogens (tertiary/aromatic N) is 1. The Bertz CT molecular complexity index is 665. The molecular weight excluding hydrogens is 306 g/mol. The van der Waals surface area contributed by atoms with Gasteiger partial charge in [-0.1, -0.05) is 29.3 Å². The van der Waals surface area contributed by atoms with Gasteiger partial charge in [0, 0.05) is 18.3 Å². The first kappa shape index (κ1) is 14.6. The molecule has 0 aliphatic carbocycles. The van der Waals surface area contributed by atoms with Crippen LogP contribution in [0.1, 0.15) is 5.56 Å². The van der Waals surface area contributed by atoms with Crippen LogP contribution in [-0.4, -0.2) is 4.92 Å². The zero-order chi connectivity index (χ0) is 14.7. The summed E-state index contributed by atoms with van der Waals surface area (Å²) in [6.07, 6.45) is 0. The van der Waals surface area contributed by atoms with Gasteiger partial charge in [0.1, 0.15) is 10.8 Å². The molecule has 0 aromatic heterocycles. The first-order chi connectivity index (χ1) is 9.47. The minimum Gasteiger partial charge on any atom is -0.381 e. The zero-order valence-electron chi connectivity index (χ0n) is 10.1. The lowest BCUT2D eigenvalue weighted by Crippen LogP contribution is -2.00. The Balaban J connectivity index is 2.12. The molecule has 2 aromatic rings. The molecule has 0 spiro atoms. The SMILES string of the molecule is O=[N+]([O-])c1cc(NCc2ccc(F)c(Cl)c2)ccc1Cl. The van der Waals surface area contributed by atoms with E-state index in [2.05, 4.69) is 5.32 Å². The first-order valence-corrected chi connectivity index (χ1v) is 6.34. The van der Waals surface area contributed by atoms with Crippen molar-refractivity contribution in [2.24, 2.45) is 0 Å². The summed E-state index contributed by atoms with van der Waals surface area (Å²) in [5.41, 5.74) is 1.13. The molecule has 0 radical (unpaired) electrons. The Labute approximate surface area is 124 Å². The predicted molar refractivity (Wildman–Crippen MR) is 76.8 cm³/mol. The van der Waals surface area contributed by atoms with Crippen molar-refractivity contribution in [1.29, 1.82) is 0 Å². The minimum atomic E-state index is -0.553. The average molecular weight is 315 g/mol. The molecule has 0 heterocycles. The minimum absolute atomic E-state index is 0.0337. The van der Waals surface area contributed by atoms with E-state index in [0.29, 0.717) is 12.2 Å². The number of benzene rings is 2. The number of hydrogen-bond acceptors (Lipinski definition) is 3. The molecule has 1 N–H and O–H groups in total. The van der Waals surface area contributed by atoms with Crippen molar-refractivity contribution in [3.05, 3.63) is 67.9 Å². The van der Waals surface area contributed by atoms with Gasteiger partial charge in [-0.25, -0.2) is 4.39 Å². The van der Waals surface area contributed by atoms with Crippen LogP contribution in [0.2, 0.25) is 10.0 Å². The van der Waals surface area contributed by atoms with Gasteiger partial charge in [-0.2, -0.15) is 0 Å². The standard InChI is InChI=1S/C13H9Cl2FN2O2/c14-10-3-2-9(6-13(10)18(19)20)17-7-8-1-4-12(16)11(15)5-8/h1-6,17H,7H2. The van der Waals surface area contributed by atoms with Crippen LogP contribution < -0.4 is 5.32 Å². The second-order valence-electron chi connectivity index (χ2n) is 4.03. The Morgan fingerprint density at radius 1 is 1.15 bits per heavy atom. The molecule has 0 saturated heterocycles. The van der Waals surface area contributed by atoms with E-state index in [4.69, 9.17) is 23.2 Å². The van der Waals surface area contributed by atoms with Gasteiger partial charge in [0.15, 0.2) is 0 Å². The van der Waals surface area contributed by atoms with Crippen LogP contribution in [0.25, 0.3) is 0 Å². The van der Waals surface area contributed by atoms with E-state index in [1.54, 1.807) is 12.1 Å². The highest BCUT2D eigenvalue weighted by molar-refractivity contribution is 6.32. The van der Waals surface area contributed by atoms with Crippen LogP contribution in [-0.2, 0) is 6.54 Å². The molecule has 4 nitrogen and oxygen atoms in total. The van der Waals surface area contributed by atoms with Crippen molar-refractivity contribution in [3.63, 3.8) is 0 Å². The highest BCUT2D eigenvalue weighted by Gasteiger charge is 2.12. The molecule has 0 bridgehead atoms. The summed E-state index contributed by atoms with van der Waals surface area (Å²) >= 11 is 11.4. The van der Waals surface area contributed by atoms with E-state index in [1.807, 2.05) is 0 Å². The first-order valence-electron chi connectivity index (χ1n) is 5.59. The quantitative estimate of drug-likeness (QED) is 0.660. The van der Waals surface area contributed by atoms with E-state index in [1.165, 1.54) is 24.3 Å². The summed E-state index contributed by atoms with van der Waals surface area (Å²) < 4.78 is 13.0. The van der Waals surface area contributed by atoms with Crippen LogP contribution in [0.4, 0.5) is 15.8 Å².